The minimum Gasteiger partial charge on any atom is -0.338 e. The van der Waals surface area contributed by atoms with E-state index in [4.69, 9.17) is 11.6 Å². The van der Waals surface area contributed by atoms with Gasteiger partial charge in [-0.05, 0) is 30.7 Å². The summed E-state index contributed by atoms with van der Waals surface area (Å²) in [5.74, 6) is 0. The summed E-state index contributed by atoms with van der Waals surface area (Å²) in [7, 11) is 1.78. The number of thiazole rings is 1. The Kier molecular flexibility index (Phi) is 5.15. The molecule has 4 nitrogen and oxygen atoms in total. The molecule has 120 valence electrons. The number of carbonyl (C=O) groups is 1. The van der Waals surface area contributed by atoms with Crippen LogP contribution in [0.1, 0.15) is 9.88 Å². The van der Waals surface area contributed by atoms with Gasteiger partial charge in [0.1, 0.15) is 5.01 Å². The average molecular weight is 366 g/mol. The number of hydrogen-bond acceptors (Lipinski definition) is 4. The van der Waals surface area contributed by atoms with Crippen molar-refractivity contribution in [3.05, 3.63) is 50.6 Å². The van der Waals surface area contributed by atoms with Crippen molar-refractivity contribution in [2.75, 3.05) is 13.6 Å². The maximum Gasteiger partial charge on any atom is 0.317 e. The van der Waals surface area contributed by atoms with Gasteiger partial charge in [0.05, 0.1) is 21.1 Å². The van der Waals surface area contributed by atoms with Crippen LogP contribution in [0, 0.1) is 0 Å². The molecule has 0 spiro atoms. The van der Waals surface area contributed by atoms with Crippen molar-refractivity contribution in [3.8, 4) is 0 Å². The zero-order valence-electron chi connectivity index (χ0n) is 12.6. The highest BCUT2D eigenvalue weighted by Crippen LogP contribution is 2.23. The molecule has 2 amide bonds. The Morgan fingerprint density at radius 3 is 2.83 bits per heavy atom. The Morgan fingerprint density at radius 1 is 1.26 bits per heavy atom. The molecule has 0 aliphatic heterocycles. The van der Waals surface area contributed by atoms with Gasteiger partial charge >= 0.3 is 6.03 Å². The van der Waals surface area contributed by atoms with Crippen LogP contribution in [0.2, 0.25) is 4.34 Å². The molecule has 0 atom stereocenters. The molecule has 0 unspecified atom stereocenters. The number of carbonyl (C=O) groups excluding carboxylic acids is 1. The van der Waals surface area contributed by atoms with E-state index in [0.717, 1.165) is 26.0 Å². The first-order valence-electron chi connectivity index (χ1n) is 7.19. The van der Waals surface area contributed by atoms with Crippen molar-refractivity contribution in [1.82, 2.24) is 15.2 Å². The third-order valence-corrected chi connectivity index (χ3v) is 5.65. The number of aromatic nitrogens is 1. The van der Waals surface area contributed by atoms with Crippen molar-refractivity contribution < 1.29 is 4.79 Å². The third kappa shape index (κ3) is 4.22. The van der Waals surface area contributed by atoms with Crippen LogP contribution in [-0.2, 0) is 13.0 Å². The van der Waals surface area contributed by atoms with Gasteiger partial charge in [0.25, 0.3) is 0 Å². The summed E-state index contributed by atoms with van der Waals surface area (Å²) < 4.78 is 1.92. The van der Waals surface area contributed by atoms with Crippen molar-refractivity contribution in [1.29, 1.82) is 0 Å². The standard InChI is InChI=1S/C16H16ClN3OS2/c1-20(10-15-19-12-4-2-3-5-13(12)23-15)16(21)18-9-8-11-6-7-14(17)22-11/h2-7H,8-10H2,1H3,(H,18,21). The van der Waals surface area contributed by atoms with Gasteiger partial charge in [-0.3, -0.25) is 0 Å². The second kappa shape index (κ2) is 7.29. The number of urea groups is 1. The molecule has 2 heterocycles. The number of thiophene rings is 1. The van der Waals surface area contributed by atoms with Crippen molar-refractivity contribution in [2.45, 2.75) is 13.0 Å². The summed E-state index contributed by atoms with van der Waals surface area (Å²) in [6.45, 7) is 1.11. The van der Waals surface area contributed by atoms with Crippen LogP contribution >= 0.6 is 34.3 Å². The molecule has 3 rings (SSSR count). The quantitative estimate of drug-likeness (QED) is 0.728. The summed E-state index contributed by atoms with van der Waals surface area (Å²) in [6.07, 6.45) is 0.790. The lowest BCUT2D eigenvalue weighted by atomic mass is 10.3. The third-order valence-electron chi connectivity index (χ3n) is 3.33. The molecule has 0 fully saturated rings. The molecule has 23 heavy (non-hydrogen) atoms. The van der Waals surface area contributed by atoms with Crippen LogP contribution in [0.15, 0.2) is 36.4 Å². The Hall–Kier alpha value is -1.63. The monoisotopic (exact) mass is 365 g/mol. The highest BCUT2D eigenvalue weighted by molar-refractivity contribution is 7.18. The van der Waals surface area contributed by atoms with Gasteiger partial charge in [-0.1, -0.05) is 23.7 Å². The first kappa shape index (κ1) is 16.2. The summed E-state index contributed by atoms with van der Waals surface area (Å²) in [6, 6.07) is 11.8. The molecule has 1 aromatic carbocycles. The fraction of sp³-hybridized carbons (Fsp3) is 0.250. The second-order valence-corrected chi connectivity index (χ2v) is 8.03. The van der Waals surface area contributed by atoms with Gasteiger partial charge in [0.2, 0.25) is 0 Å². The lowest BCUT2D eigenvalue weighted by molar-refractivity contribution is 0.207. The fourth-order valence-corrected chi connectivity index (χ4v) is 4.28. The highest BCUT2D eigenvalue weighted by atomic mass is 35.5. The van der Waals surface area contributed by atoms with E-state index in [1.807, 2.05) is 36.4 Å². The van der Waals surface area contributed by atoms with E-state index < -0.39 is 0 Å². The molecule has 3 aromatic rings. The predicted octanol–water partition coefficient (Wildman–Crippen LogP) is 4.40. The van der Waals surface area contributed by atoms with Gasteiger partial charge in [0, 0.05) is 18.5 Å². The van der Waals surface area contributed by atoms with Crippen molar-refractivity contribution >= 4 is 50.5 Å². The maximum atomic E-state index is 12.1. The zero-order chi connectivity index (χ0) is 16.2. The largest absolute Gasteiger partial charge is 0.338 e. The Bertz CT molecular complexity index is 781. The molecule has 2 aromatic heterocycles. The number of amides is 2. The average Bonchev–Trinajstić information content (AvgIpc) is 3.12. The number of hydrogen-bond donors (Lipinski definition) is 1. The van der Waals surface area contributed by atoms with Crippen molar-refractivity contribution in [2.24, 2.45) is 0 Å². The molecule has 1 N–H and O–H groups in total. The fourth-order valence-electron chi connectivity index (χ4n) is 2.18. The van der Waals surface area contributed by atoms with E-state index in [1.165, 1.54) is 4.88 Å². The van der Waals surface area contributed by atoms with Crippen LogP contribution < -0.4 is 5.32 Å². The lowest BCUT2D eigenvalue weighted by Crippen LogP contribution is -2.37. The second-order valence-electron chi connectivity index (χ2n) is 5.12. The van der Waals surface area contributed by atoms with E-state index in [0.29, 0.717) is 13.1 Å². The zero-order valence-corrected chi connectivity index (χ0v) is 15.0. The van der Waals surface area contributed by atoms with Crippen LogP contribution in [0.25, 0.3) is 10.2 Å². The van der Waals surface area contributed by atoms with Gasteiger partial charge in [0.15, 0.2) is 0 Å². The molecule has 0 bridgehead atoms. The van der Waals surface area contributed by atoms with E-state index in [9.17, 15) is 4.79 Å². The molecule has 0 saturated heterocycles. The van der Waals surface area contributed by atoms with E-state index >= 15 is 0 Å². The maximum absolute atomic E-state index is 12.1. The Morgan fingerprint density at radius 2 is 2.09 bits per heavy atom. The first-order chi connectivity index (χ1) is 11.1. The van der Waals surface area contributed by atoms with E-state index in [-0.39, 0.29) is 6.03 Å². The normalized spacial score (nSPS) is 10.9. The summed E-state index contributed by atoms with van der Waals surface area (Å²) in [5, 5.41) is 3.86. The number of benzene rings is 1. The van der Waals surface area contributed by atoms with Crippen LogP contribution in [0.5, 0.6) is 0 Å². The first-order valence-corrected chi connectivity index (χ1v) is 9.20. The summed E-state index contributed by atoms with van der Waals surface area (Å²) in [5.41, 5.74) is 0.982. The summed E-state index contributed by atoms with van der Waals surface area (Å²) >= 11 is 9.06. The number of nitrogens with one attached hydrogen (secondary N) is 1. The van der Waals surface area contributed by atoms with Crippen LogP contribution in [-0.4, -0.2) is 29.5 Å². The van der Waals surface area contributed by atoms with Crippen molar-refractivity contribution in [3.63, 3.8) is 0 Å². The van der Waals surface area contributed by atoms with E-state index in [2.05, 4.69) is 10.3 Å². The van der Waals surface area contributed by atoms with Crippen LogP contribution in [0.3, 0.4) is 0 Å². The smallest absolute Gasteiger partial charge is 0.317 e. The molecule has 0 saturated carbocycles. The molecule has 7 heteroatoms. The van der Waals surface area contributed by atoms with Gasteiger partial charge in [-0.15, -0.1) is 22.7 Å². The van der Waals surface area contributed by atoms with Gasteiger partial charge in [-0.2, -0.15) is 0 Å². The number of rotatable bonds is 5. The topological polar surface area (TPSA) is 45.2 Å². The van der Waals surface area contributed by atoms with Gasteiger partial charge in [-0.25, -0.2) is 9.78 Å². The predicted molar refractivity (Wildman–Crippen MR) is 97.5 cm³/mol. The Balaban J connectivity index is 1.50. The SMILES string of the molecule is CN(Cc1nc2ccccc2s1)C(=O)NCCc1ccc(Cl)s1. The van der Waals surface area contributed by atoms with Crippen LogP contribution in [0.4, 0.5) is 4.79 Å². The molecule has 0 radical (unpaired) electrons. The molecule has 0 aliphatic rings. The highest BCUT2D eigenvalue weighted by Gasteiger charge is 2.11. The molecular formula is C16H16ClN3OS2. The molecule has 0 aliphatic carbocycles. The number of nitrogens with zero attached hydrogens (tertiary/aromatic N) is 2. The minimum atomic E-state index is -0.0908. The van der Waals surface area contributed by atoms with E-state index in [1.54, 1.807) is 34.6 Å². The summed E-state index contributed by atoms with van der Waals surface area (Å²) in [4.78, 5) is 19.5. The molecular weight excluding hydrogens is 350 g/mol. The minimum absolute atomic E-state index is 0.0908. The van der Waals surface area contributed by atoms with Gasteiger partial charge < -0.3 is 10.2 Å². The lowest BCUT2D eigenvalue weighted by Gasteiger charge is -2.16. The number of halogens is 1. The Labute approximate surface area is 147 Å². The number of fused-ring (bicyclic) bond motifs is 1. The number of para-hydroxylation sites is 1.